The molecule has 5 nitrogen and oxygen atoms in total. The lowest BCUT2D eigenvalue weighted by Crippen LogP contribution is -2.52. The molecule has 0 bridgehead atoms. The zero-order valence-electron chi connectivity index (χ0n) is 14.6. The molecule has 2 aliphatic rings. The minimum Gasteiger partial charge on any atom is -0.497 e. The zero-order chi connectivity index (χ0) is 17.2. The Hall–Kier alpha value is -1.11. The SMILES string of the molecule is COc1ccc(S(=O)(=O)N2CCN([C@@H]3CCC[C@@H](C)C3)CC2)cc1. The highest BCUT2D eigenvalue weighted by Crippen LogP contribution is 2.29. The summed E-state index contributed by atoms with van der Waals surface area (Å²) in [5.41, 5.74) is 0. The Kier molecular flexibility index (Phi) is 5.47. The molecule has 1 saturated heterocycles. The van der Waals surface area contributed by atoms with E-state index in [0.717, 1.165) is 19.0 Å². The van der Waals surface area contributed by atoms with Crippen molar-refractivity contribution in [3.05, 3.63) is 24.3 Å². The van der Waals surface area contributed by atoms with Crippen LogP contribution in [0.25, 0.3) is 0 Å². The zero-order valence-corrected chi connectivity index (χ0v) is 15.5. The number of piperazine rings is 1. The molecule has 1 aromatic rings. The lowest BCUT2D eigenvalue weighted by Gasteiger charge is -2.41. The van der Waals surface area contributed by atoms with Gasteiger partial charge in [-0.05, 0) is 43.0 Å². The molecule has 6 heteroatoms. The number of methoxy groups -OCH3 is 1. The van der Waals surface area contributed by atoms with Crippen LogP contribution < -0.4 is 4.74 Å². The van der Waals surface area contributed by atoms with Crippen molar-refractivity contribution in [3.63, 3.8) is 0 Å². The minimum atomic E-state index is -3.40. The Labute approximate surface area is 145 Å². The molecule has 2 fully saturated rings. The molecule has 1 aliphatic heterocycles. The largest absolute Gasteiger partial charge is 0.497 e. The van der Waals surface area contributed by atoms with E-state index < -0.39 is 10.0 Å². The normalized spacial score (nSPS) is 27.1. The maximum absolute atomic E-state index is 12.8. The van der Waals surface area contributed by atoms with Crippen molar-refractivity contribution in [3.8, 4) is 5.75 Å². The molecule has 0 radical (unpaired) electrons. The van der Waals surface area contributed by atoms with Crippen molar-refractivity contribution in [1.29, 1.82) is 0 Å². The Balaban J connectivity index is 1.62. The standard InChI is InChI=1S/C18H28N2O3S/c1-15-4-3-5-16(14-15)19-10-12-20(13-11-19)24(21,22)18-8-6-17(23-2)7-9-18/h6-9,15-16H,3-5,10-14H2,1-2H3/t15-,16-/m1/s1. The number of nitrogens with zero attached hydrogens (tertiary/aromatic N) is 2. The highest BCUT2D eigenvalue weighted by Gasteiger charge is 2.32. The van der Waals surface area contributed by atoms with E-state index in [2.05, 4.69) is 11.8 Å². The first-order valence-electron chi connectivity index (χ1n) is 8.89. The lowest BCUT2D eigenvalue weighted by atomic mass is 9.86. The summed E-state index contributed by atoms with van der Waals surface area (Å²) >= 11 is 0. The van der Waals surface area contributed by atoms with Crippen molar-refractivity contribution >= 4 is 10.0 Å². The highest BCUT2D eigenvalue weighted by atomic mass is 32.2. The molecule has 24 heavy (non-hydrogen) atoms. The maximum Gasteiger partial charge on any atom is 0.243 e. The lowest BCUT2D eigenvalue weighted by molar-refractivity contribution is 0.0967. The molecule has 2 atom stereocenters. The fourth-order valence-electron chi connectivity index (χ4n) is 3.94. The summed E-state index contributed by atoms with van der Waals surface area (Å²) in [4.78, 5) is 2.85. The van der Waals surface area contributed by atoms with Gasteiger partial charge in [-0.25, -0.2) is 8.42 Å². The fraction of sp³-hybridized carbons (Fsp3) is 0.667. The molecule has 0 unspecified atom stereocenters. The summed E-state index contributed by atoms with van der Waals surface area (Å²) in [6.07, 6.45) is 5.15. The summed E-state index contributed by atoms with van der Waals surface area (Å²) in [6.45, 7) is 5.18. The molecular formula is C18H28N2O3S. The van der Waals surface area contributed by atoms with E-state index in [1.165, 1.54) is 25.7 Å². The predicted octanol–water partition coefficient (Wildman–Crippen LogP) is 2.58. The maximum atomic E-state index is 12.8. The van der Waals surface area contributed by atoms with Gasteiger partial charge in [0, 0.05) is 32.2 Å². The molecule has 0 aromatic heterocycles. The minimum absolute atomic E-state index is 0.350. The Morgan fingerprint density at radius 2 is 1.71 bits per heavy atom. The molecule has 0 N–H and O–H groups in total. The third kappa shape index (κ3) is 3.76. The smallest absolute Gasteiger partial charge is 0.243 e. The van der Waals surface area contributed by atoms with Gasteiger partial charge < -0.3 is 4.74 Å². The summed E-state index contributed by atoms with van der Waals surface area (Å²) < 4.78 is 32.3. The van der Waals surface area contributed by atoms with Crippen molar-refractivity contribution in [2.24, 2.45) is 5.92 Å². The molecule has 0 spiro atoms. The number of hydrogen-bond acceptors (Lipinski definition) is 4. The average molecular weight is 353 g/mol. The first-order chi connectivity index (χ1) is 11.5. The summed E-state index contributed by atoms with van der Waals surface area (Å²) in [5, 5.41) is 0. The molecule has 1 heterocycles. The van der Waals surface area contributed by atoms with E-state index in [9.17, 15) is 8.42 Å². The van der Waals surface area contributed by atoms with Gasteiger partial charge in [0.2, 0.25) is 10.0 Å². The quantitative estimate of drug-likeness (QED) is 0.836. The summed E-state index contributed by atoms with van der Waals surface area (Å²) in [6, 6.07) is 7.30. The molecule has 134 valence electrons. The van der Waals surface area contributed by atoms with Crippen LogP contribution >= 0.6 is 0 Å². The molecule has 0 amide bonds. The first kappa shape index (κ1) is 17.7. The van der Waals surface area contributed by atoms with E-state index in [-0.39, 0.29) is 0 Å². The molecule has 1 aromatic carbocycles. The van der Waals surface area contributed by atoms with Crippen molar-refractivity contribution in [2.45, 2.75) is 43.5 Å². The van der Waals surface area contributed by atoms with Crippen LogP contribution in [0.5, 0.6) is 5.75 Å². The van der Waals surface area contributed by atoms with E-state index >= 15 is 0 Å². The monoisotopic (exact) mass is 352 g/mol. The molecule has 3 rings (SSSR count). The Bertz CT molecular complexity index is 637. The van der Waals surface area contributed by atoms with Gasteiger partial charge in [-0.2, -0.15) is 4.31 Å². The van der Waals surface area contributed by atoms with Gasteiger partial charge in [0.25, 0.3) is 0 Å². The third-order valence-corrected chi connectivity index (χ3v) is 7.31. The van der Waals surface area contributed by atoms with Gasteiger partial charge in [0.15, 0.2) is 0 Å². The number of hydrogen-bond donors (Lipinski definition) is 0. The van der Waals surface area contributed by atoms with Gasteiger partial charge in [-0.3, -0.25) is 4.90 Å². The second-order valence-corrected chi connectivity index (χ2v) is 8.98. The predicted molar refractivity (Wildman–Crippen MR) is 94.7 cm³/mol. The van der Waals surface area contributed by atoms with Crippen molar-refractivity contribution in [1.82, 2.24) is 9.21 Å². The molecule has 1 aliphatic carbocycles. The van der Waals surface area contributed by atoms with Crippen LogP contribution in [0, 0.1) is 5.92 Å². The van der Waals surface area contributed by atoms with Gasteiger partial charge >= 0.3 is 0 Å². The van der Waals surface area contributed by atoms with Crippen LogP contribution in [0.4, 0.5) is 0 Å². The average Bonchev–Trinajstić information content (AvgIpc) is 2.62. The summed E-state index contributed by atoms with van der Waals surface area (Å²) in [7, 11) is -1.82. The van der Waals surface area contributed by atoms with Crippen LogP contribution in [0.1, 0.15) is 32.6 Å². The highest BCUT2D eigenvalue weighted by molar-refractivity contribution is 7.89. The second kappa shape index (κ2) is 7.42. The van der Waals surface area contributed by atoms with Crippen LogP contribution in [-0.2, 0) is 10.0 Å². The Morgan fingerprint density at radius 1 is 1.04 bits per heavy atom. The number of sulfonamides is 1. The van der Waals surface area contributed by atoms with E-state index in [1.807, 2.05) is 0 Å². The topological polar surface area (TPSA) is 49.9 Å². The van der Waals surface area contributed by atoms with Crippen LogP contribution in [0.2, 0.25) is 0 Å². The fourth-order valence-corrected chi connectivity index (χ4v) is 5.36. The first-order valence-corrected chi connectivity index (χ1v) is 10.3. The van der Waals surface area contributed by atoms with E-state index in [0.29, 0.717) is 29.8 Å². The Morgan fingerprint density at radius 3 is 2.29 bits per heavy atom. The van der Waals surface area contributed by atoms with E-state index in [1.54, 1.807) is 35.7 Å². The van der Waals surface area contributed by atoms with Crippen molar-refractivity contribution < 1.29 is 13.2 Å². The molecule has 1 saturated carbocycles. The van der Waals surface area contributed by atoms with Gasteiger partial charge in [-0.1, -0.05) is 19.8 Å². The summed E-state index contributed by atoms with van der Waals surface area (Å²) in [5.74, 6) is 1.47. The third-order valence-electron chi connectivity index (χ3n) is 5.40. The van der Waals surface area contributed by atoms with Gasteiger partial charge in [-0.15, -0.1) is 0 Å². The van der Waals surface area contributed by atoms with Crippen LogP contribution in [-0.4, -0.2) is 57.0 Å². The van der Waals surface area contributed by atoms with E-state index in [4.69, 9.17) is 4.74 Å². The number of rotatable bonds is 4. The number of ether oxygens (including phenoxy) is 1. The van der Waals surface area contributed by atoms with Crippen molar-refractivity contribution in [2.75, 3.05) is 33.3 Å². The van der Waals surface area contributed by atoms with Gasteiger partial charge in [0.1, 0.15) is 5.75 Å². The molecular weight excluding hydrogens is 324 g/mol. The number of benzene rings is 1. The van der Waals surface area contributed by atoms with Crippen LogP contribution in [0.15, 0.2) is 29.2 Å². The van der Waals surface area contributed by atoms with Gasteiger partial charge in [0.05, 0.1) is 12.0 Å². The van der Waals surface area contributed by atoms with Crippen LogP contribution in [0.3, 0.4) is 0 Å². The second-order valence-electron chi connectivity index (χ2n) is 7.04.